The maximum absolute atomic E-state index is 11.7. The Morgan fingerprint density at radius 3 is 2.57 bits per heavy atom. The van der Waals surface area contributed by atoms with Crippen molar-refractivity contribution < 1.29 is 4.74 Å². The van der Waals surface area contributed by atoms with Crippen LogP contribution in [0.5, 0.6) is 0 Å². The van der Waals surface area contributed by atoms with E-state index >= 15 is 0 Å². The molecule has 2 heterocycles. The zero-order chi connectivity index (χ0) is 19.3. The number of ether oxygens (including phenoxy) is 1. The Labute approximate surface area is 165 Å². The Bertz CT molecular complexity index is 964. The first-order valence-electron chi connectivity index (χ1n) is 9.96. The second-order valence-electron chi connectivity index (χ2n) is 7.28. The molecule has 1 N–H and O–H groups in total. The van der Waals surface area contributed by atoms with Crippen molar-refractivity contribution in [2.24, 2.45) is 0 Å². The first-order chi connectivity index (χ1) is 13.7. The van der Waals surface area contributed by atoms with Crippen LogP contribution in [-0.2, 0) is 17.8 Å². The van der Waals surface area contributed by atoms with Crippen LogP contribution in [0.4, 0.5) is 5.69 Å². The van der Waals surface area contributed by atoms with Crippen molar-refractivity contribution in [3.63, 3.8) is 0 Å². The number of aromatic nitrogens is 1. The van der Waals surface area contributed by atoms with Gasteiger partial charge < -0.3 is 14.6 Å². The molecule has 4 rings (SSSR count). The Morgan fingerprint density at radius 1 is 1.04 bits per heavy atom. The molecule has 0 saturated carbocycles. The average molecular weight is 374 g/mol. The van der Waals surface area contributed by atoms with Gasteiger partial charge in [-0.3, -0.25) is 4.79 Å². The van der Waals surface area contributed by atoms with Gasteiger partial charge in [0.1, 0.15) is 0 Å². The van der Waals surface area contributed by atoms with E-state index in [1.807, 2.05) is 24.3 Å². The van der Waals surface area contributed by atoms with Crippen molar-refractivity contribution in [1.82, 2.24) is 4.98 Å². The zero-order valence-electron chi connectivity index (χ0n) is 16.2. The predicted molar refractivity (Wildman–Crippen MR) is 114 cm³/mol. The molecule has 1 fully saturated rings. The first kappa shape index (κ1) is 18.5. The van der Waals surface area contributed by atoms with Crippen LogP contribution in [0.15, 0.2) is 71.5 Å². The molecule has 144 valence electrons. The van der Waals surface area contributed by atoms with Gasteiger partial charge in [-0.15, -0.1) is 0 Å². The second-order valence-corrected chi connectivity index (χ2v) is 7.28. The third kappa shape index (κ3) is 4.18. The number of rotatable bonds is 6. The summed E-state index contributed by atoms with van der Waals surface area (Å²) in [7, 11) is 0. The van der Waals surface area contributed by atoms with E-state index in [0.29, 0.717) is 6.61 Å². The van der Waals surface area contributed by atoms with Crippen LogP contribution >= 0.6 is 0 Å². The van der Waals surface area contributed by atoms with Gasteiger partial charge in [-0.2, -0.15) is 0 Å². The second kappa shape index (κ2) is 8.44. The van der Waals surface area contributed by atoms with Crippen molar-refractivity contribution in [2.45, 2.75) is 32.5 Å². The Morgan fingerprint density at radius 2 is 1.82 bits per heavy atom. The minimum absolute atomic E-state index is 0.0609. The van der Waals surface area contributed by atoms with Gasteiger partial charge in [0.2, 0.25) is 5.56 Å². The van der Waals surface area contributed by atoms with Gasteiger partial charge in [0.25, 0.3) is 0 Å². The number of H-pyrrole nitrogens is 1. The molecular formula is C24H26N2O2. The van der Waals surface area contributed by atoms with Gasteiger partial charge in [0, 0.05) is 24.8 Å². The summed E-state index contributed by atoms with van der Waals surface area (Å²) in [6.45, 7) is 4.68. The zero-order valence-corrected chi connectivity index (χ0v) is 16.2. The minimum atomic E-state index is -0.0609. The number of hydrogen-bond donors (Lipinski definition) is 1. The molecule has 0 radical (unpaired) electrons. The maximum Gasteiger partial charge on any atom is 0.248 e. The largest absolute Gasteiger partial charge is 0.372 e. The topological polar surface area (TPSA) is 45.3 Å². The molecule has 1 saturated heterocycles. The lowest BCUT2D eigenvalue weighted by atomic mass is 10.0. The molecule has 4 heteroatoms. The van der Waals surface area contributed by atoms with Crippen molar-refractivity contribution >= 4 is 5.69 Å². The first-order valence-corrected chi connectivity index (χ1v) is 9.96. The summed E-state index contributed by atoms with van der Waals surface area (Å²) in [5, 5.41) is 0. The van der Waals surface area contributed by atoms with E-state index in [1.165, 1.54) is 11.3 Å². The molecule has 0 bridgehead atoms. The number of pyridine rings is 1. The summed E-state index contributed by atoms with van der Waals surface area (Å²) in [6.07, 6.45) is 2.19. The third-order valence-corrected chi connectivity index (χ3v) is 5.38. The fourth-order valence-electron chi connectivity index (χ4n) is 3.78. The van der Waals surface area contributed by atoms with Crippen molar-refractivity contribution in [1.29, 1.82) is 0 Å². The highest BCUT2D eigenvalue weighted by Gasteiger charge is 2.23. The molecule has 28 heavy (non-hydrogen) atoms. The fourth-order valence-corrected chi connectivity index (χ4v) is 3.78. The van der Waals surface area contributed by atoms with Crippen LogP contribution in [0.25, 0.3) is 11.3 Å². The molecule has 0 aliphatic carbocycles. The Hall–Kier alpha value is -2.85. The molecule has 1 aromatic heterocycles. The van der Waals surface area contributed by atoms with Crippen LogP contribution in [0.2, 0.25) is 0 Å². The van der Waals surface area contributed by atoms with Gasteiger partial charge in [-0.1, -0.05) is 55.5 Å². The van der Waals surface area contributed by atoms with Crippen molar-refractivity contribution in [2.75, 3.05) is 18.0 Å². The van der Waals surface area contributed by atoms with E-state index < -0.39 is 0 Å². The number of benzene rings is 2. The van der Waals surface area contributed by atoms with Crippen LogP contribution in [0.3, 0.4) is 0 Å². The molecule has 1 aliphatic heterocycles. The van der Waals surface area contributed by atoms with Gasteiger partial charge in [0.05, 0.1) is 18.4 Å². The van der Waals surface area contributed by atoms with E-state index in [9.17, 15) is 4.79 Å². The predicted octanol–water partition coefficient (Wildman–Crippen LogP) is 4.40. The maximum atomic E-state index is 11.7. The smallest absolute Gasteiger partial charge is 0.248 e. The van der Waals surface area contributed by atoms with E-state index in [0.717, 1.165) is 42.8 Å². The van der Waals surface area contributed by atoms with Crippen LogP contribution in [-0.4, -0.2) is 24.2 Å². The number of nitrogens with one attached hydrogen (secondary N) is 1. The van der Waals surface area contributed by atoms with Gasteiger partial charge in [0.15, 0.2) is 0 Å². The van der Waals surface area contributed by atoms with Crippen LogP contribution in [0, 0.1) is 0 Å². The molecule has 1 aliphatic rings. The lowest BCUT2D eigenvalue weighted by molar-refractivity contribution is 0.0553. The number of anilines is 1. The standard InChI is InChI=1S/C24H26N2O2/c1-2-19-10-13-23(27)25-24(19)20-8-11-21(12-9-20)26-15-14-22(16-26)28-17-18-6-4-3-5-7-18/h3-13,22H,2,14-17H2,1H3,(H,25,27). The Balaban J connectivity index is 1.41. The van der Waals surface area contributed by atoms with Crippen LogP contribution in [0.1, 0.15) is 24.5 Å². The van der Waals surface area contributed by atoms with E-state index in [2.05, 4.69) is 53.2 Å². The summed E-state index contributed by atoms with van der Waals surface area (Å²) in [5.74, 6) is 0. The van der Waals surface area contributed by atoms with Crippen LogP contribution < -0.4 is 10.5 Å². The molecule has 0 amide bonds. The molecular weight excluding hydrogens is 348 g/mol. The van der Waals surface area contributed by atoms with E-state index in [4.69, 9.17) is 4.74 Å². The molecule has 4 nitrogen and oxygen atoms in total. The lowest BCUT2D eigenvalue weighted by Crippen LogP contribution is -2.22. The van der Waals surface area contributed by atoms with Gasteiger partial charge >= 0.3 is 0 Å². The molecule has 3 aromatic rings. The molecule has 1 unspecified atom stereocenters. The van der Waals surface area contributed by atoms with Gasteiger partial charge in [-0.25, -0.2) is 0 Å². The summed E-state index contributed by atoms with van der Waals surface area (Å²) in [6, 6.07) is 22.3. The fraction of sp³-hybridized carbons (Fsp3) is 0.292. The minimum Gasteiger partial charge on any atom is -0.372 e. The van der Waals surface area contributed by atoms with Gasteiger partial charge in [-0.05, 0) is 41.7 Å². The molecule has 0 spiro atoms. The number of nitrogens with zero attached hydrogens (tertiary/aromatic N) is 1. The number of aryl methyl sites for hydroxylation is 1. The Kier molecular flexibility index (Phi) is 5.58. The highest BCUT2D eigenvalue weighted by molar-refractivity contribution is 5.66. The quantitative estimate of drug-likeness (QED) is 0.696. The average Bonchev–Trinajstić information content (AvgIpc) is 3.22. The monoisotopic (exact) mass is 374 g/mol. The molecule has 1 atom stereocenters. The third-order valence-electron chi connectivity index (χ3n) is 5.38. The normalized spacial score (nSPS) is 16.5. The lowest BCUT2D eigenvalue weighted by Gasteiger charge is -2.19. The highest BCUT2D eigenvalue weighted by atomic mass is 16.5. The summed E-state index contributed by atoms with van der Waals surface area (Å²) in [5.41, 5.74) is 5.48. The van der Waals surface area contributed by atoms with E-state index in [1.54, 1.807) is 6.07 Å². The summed E-state index contributed by atoms with van der Waals surface area (Å²) in [4.78, 5) is 17.1. The summed E-state index contributed by atoms with van der Waals surface area (Å²) >= 11 is 0. The highest BCUT2D eigenvalue weighted by Crippen LogP contribution is 2.27. The summed E-state index contributed by atoms with van der Waals surface area (Å²) < 4.78 is 6.10. The number of aromatic amines is 1. The molecule has 2 aromatic carbocycles. The number of hydrogen-bond acceptors (Lipinski definition) is 3. The van der Waals surface area contributed by atoms with E-state index in [-0.39, 0.29) is 11.7 Å². The van der Waals surface area contributed by atoms with Crippen molar-refractivity contribution in [3.05, 3.63) is 88.2 Å². The SMILES string of the molecule is CCc1ccc(=O)[nH]c1-c1ccc(N2CCC(OCc3ccccc3)C2)cc1. The van der Waals surface area contributed by atoms with Crippen molar-refractivity contribution in [3.8, 4) is 11.3 Å².